The first-order valence-electron chi connectivity index (χ1n) is 13.3. The summed E-state index contributed by atoms with van der Waals surface area (Å²) in [5.41, 5.74) is 6.19. The van der Waals surface area contributed by atoms with Crippen molar-refractivity contribution < 1.29 is 14.3 Å². The van der Waals surface area contributed by atoms with Gasteiger partial charge in [0.15, 0.2) is 0 Å². The van der Waals surface area contributed by atoms with E-state index < -0.39 is 0 Å². The van der Waals surface area contributed by atoms with Gasteiger partial charge in [0.1, 0.15) is 12.4 Å². The predicted molar refractivity (Wildman–Crippen MR) is 148 cm³/mol. The summed E-state index contributed by atoms with van der Waals surface area (Å²) in [6, 6.07) is 14.0. The number of nitrogens with one attached hydrogen (secondary N) is 1. The van der Waals surface area contributed by atoms with Crippen LogP contribution in [0.4, 0.5) is 10.5 Å². The highest BCUT2D eigenvalue weighted by molar-refractivity contribution is 5.94. The number of fused-ring (bicyclic) bond motifs is 1. The van der Waals surface area contributed by atoms with Crippen molar-refractivity contribution in [3.05, 3.63) is 82.6 Å². The molecule has 0 radical (unpaired) electrons. The van der Waals surface area contributed by atoms with Gasteiger partial charge < -0.3 is 19.9 Å². The molecule has 1 aliphatic carbocycles. The van der Waals surface area contributed by atoms with Crippen LogP contribution in [0.3, 0.4) is 0 Å². The van der Waals surface area contributed by atoms with Crippen molar-refractivity contribution in [3.63, 3.8) is 0 Å². The summed E-state index contributed by atoms with van der Waals surface area (Å²) >= 11 is 0. The number of rotatable bonds is 6. The molecule has 6 nitrogen and oxygen atoms in total. The summed E-state index contributed by atoms with van der Waals surface area (Å²) in [6.07, 6.45) is 6.09. The Morgan fingerprint density at radius 2 is 1.92 bits per heavy atom. The molecule has 1 aliphatic heterocycles. The SMILES string of the molecule is CCC1=C(NC(=O)N2CCOc3ccc(CN(C(=O)C(C)C)c4ccc(C)cc4)cc3C2)C=CCC1C. The van der Waals surface area contributed by atoms with Gasteiger partial charge in [-0.1, -0.05) is 57.5 Å². The lowest BCUT2D eigenvalue weighted by atomic mass is 9.89. The van der Waals surface area contributed by atoms with Gasteiger partial charge in [-0.15, -0.1) is 0 Å². The van der Waals surface area contributed by atoms with E-state index in [1.165, 1.54) is 5.57 Å². The second-order valence-corrected chi connectivity index (χ2v) is 10.4. The number of ether oxygens (including phenoxy) is 1. The van der Waals surface area contributed by atoms with E-state index in [4.69, 9.17) is 4.74 Å². The molecule has 0 saturated heterocycles. The second kappa shape index (κ2) is 11.7. The molecule has 0 saturated carbocycles. The molecule has 2 aromatic carbocycles. The minimum Gasteiger partial charge on any atom is -0.491 e. The van der Waals surface area contributed by atoms with Crippen LogP contribution in [0.25, 0.3) is 0 Å². The van der Waals surface area contributed by atoms with Crippen molar-refractivity contribution in [1.29, 1.82) is 0 Å². The monoisotopic (exact) mass is 501 g/mol. The van der Waals surface area contributed by atoms with E-state index >= 15 is 0 Å². The van der Waals surface area contributed by atoms with Gasteiger partial charge in [-0.25, -0.2) is 4.79 Å². The predicted octanol–water partition coefficient (Wildman–Crippen LogP) is 6.35. The number of nitrogens with zero attached hydrogens (tertiary/aromatic N) is 2. The van der Waals surface area contributed by atoms with Crippen molar-refractivity contribution in [1.82, 2.24) is 10.2 Å². The fourth-order valence-corrected chi connectivity index (χ4v) is 4.99. The van der Waals surface area contributed by atoms with Crippen molar-refractivity contribution >= 4 is 17.6 Å². The number of allylic oxidation sites excluding steroid dienone is 3. The van der Waals surface area contributed by atoms with Gasteiger partial charge in [0, 0.05) is 22.9 Å². The zero-order valence-corrected chi connectivity index (χ0v) is 22.7. The quantitative estimate of drug-likeness (QED) is 0.502. The van der Waals surface area contributed by atoms with Crippen LogP contribution in [-0.4, -0.2) is 30.0 Å². The molecule has 1 atom stereocenters. The molecule has 6 heteroatoms. The Hall–Kier alpha value is -3.54. The van der Waals surface area contributed by atoms with Gasteiger partial charge in [0.25, 0.3) is 0 Å². The number of aryl methyl sites for hydroxylation is 1. The standard InChI is InChI=1S/C31H39N3O3/c1-6-27-23(5)8-7-9-28(27)32-31(36)33-16-17-37-29-15-12-24(18-25(29)20-33)19-34(30(35)21(2)3)26-13-10-22(4)11-14-26/h7,9-15,18,21,23H,6,8,16-17,19-20H2,1-5H3,(H,32,36). The van der Waals surface area contributed by atoms with E-state index in [2.05, 4.69) is 31.3 Å². The summed E-state index contributed by atoms with van der Waals surface area (Å²) in [4.78, 5) is 30.0. The first-order valence-corrected chi connectivity index (χ1v) is 13.3. The Morgan fingerprint density at radius 1 is 1.16 bits per heavy atom. The van der Waals surface area contributed by atoms with Crippen molar-refractivity contribution in [3.8, 4) is 5.75 Å². The van der Waals surface area contributed by atoms with E-state index in [9.17, 15) is 9.59 Å². The molecule has 2 aliphatic rings. The van der Waals surface area contributed by atoms with Gasteiger partial charge in [-0.3, -0.25) is 4.79 Å². The fourth-order valence-electron chi connectivity index (χ4n) is 4.99. The van der Waals surface area contributed by atoms with Crippen molar-refractivity contribution in [2.24, 2.45) is 11.8 Å². The van der Waals surface area contributed by atoms with Crippen molar-refractivity contribution in [2.75, 3.05) is 18.1 Å². The highest BCUT2D eigenvalue weighted by atomic mass is 16.5. The molecule has 0 spiro atoms. The normalized spacial score (nSPS) is 17.2. The van der Waals surface area contributed by atoms with E-state index in [1.54, 1.807) is 4.90 Å². The minimum absolute atomic E-state index is 0.0748. The Labute approximate surface area is 221 Å². The molecule has 0 bridgehead atoms. The van der Waals surface area contributed by atoms with E-state index in [0.29, 0.717) is 32.2 Å². The number of carbonyl (C=O) groups is 2. The molecular weight excluding hydrogens is 462 g/mol. The molecule has 1 N–H and O–H groups in total. The maximum absolute atomic E-state index is 13.3. The van der Waals surface area contributed by atoms with Crippen LogP contribution in [0, 0.1) is 18.8 Å². The largest absolute Gasteiger partial charge is 0.491 e. The average molecular weight is 502 g/mol. The molecule has 37 heavy (non-hydrogen) atoms. The molecule has 1 unspecified atom stereocenters. The van der Waals surface area contributed by atoms with Crippen LogP contribution in [0.15, 0.2) is 65.9 Å². The number of hydrogen-bond donors (Lipinski definition) is 1. The second-order valence-electron chi connectivity index (χ2n) is 10.4. The third-order valence-electron chi connectivity index (χ3n) is 7.18. The third kappa shape index (κ3) is 6.24. The van der Waals surface area contributed by atoms with Gasteiger partial charge in [0.2, 0.25) is 5.91 Å². The van der Waals surface area contributed by atoms with Crippen LogP contribution in [0.2, 0.25) is 0 Å². The number of urea groups is 1. The number of amides is 3. The highest BCUT2D eigenvalue weighted by Crippen LogP contribution is 2.29. The number of anilines is 1. The number of hydrogen-bond acceptors (Lipinski definition) is 3. The van der Waals surface area contributed by atoms with Crippen LogP contribution >= 0.6 is 0 Å². The van der Waals surface area contributed by atoms with E-state index in [0.717, 1.165) is 46.7 Å². The first-order chi connectivity index (χ1) is 17.8. The zero-order chi connectivity index (χ0) is 26.5. The number of benzene rings is 2. The molecule has 196 valence electrons. The molecule has 4 rings (SSSR count). The topological polar surface area (TPSA) is 61.9 Å². The van der Waals surface area contributed by atoms with Crippen molar-refractivity contribution in [2.45, 2.75) is 60.5 Å². The summed E-state index contributed by atoms with van der Waals surface area (Å²) < 4.78 is 5.99. The Bertz CT molecular complexity index is 1200. The summed E-state index contributed by atoms with van der Waals surface area (Å²) in [5.74, 6) is 1.18. The van der Waals surface area contributed by atoms with E-state index in [-0.39, 0.29) is 17.9 Å². The fraction of sp³-hybridized carbons (Fsp3) is 0.419. The van der Waals surface area contributed by atoms with Gasteiger partial charge in [-0.05, 0) is 67.2 Å². The lowest BCUT2D eigenvalue weighted by Gasteiger charge is -2.26. The molecule has 1 heterocycles. The maximum atomic E-state index is 13.3. The van der Waals surface area contributed by atoms with Gasteiger partial charge in [-0.2, -0.15) is 0 Å². The minimum atomic E-state index is -0.122. The lowest BCUT2D eigenvalue weighted by molar-refractivity contribution is -0.121. The smallest absolute Gasteiger partial charge is 0.322 e. The highest BCUT2D eigenvalue weighted by Gasteiger charge is 2.24. The van der Waals surface area contributed by atoms with Crippen LogP contribution < -0.4 is 15.0 Å². The Morgan fingerprint density at radius 3 is 2.62 bits per heavy atom. The molecule has 3 amide bonds. The lowest BCUT2D eigenvalue weighted by Crippen LogP contribution is -2.40. The van der Waals surface area contributed by atoms with Crippen LogP contribution in [-0.2, 0) is 17.9 Å². The zero-order valence-electron chi connectivity index (χ0n) is 22.7. The summed E-state index contributed by atoms with van der Waals surface area (Å²) in [5, 5.41) is 3.15. The van der Waals surface area contributed by atoms with Gasteiger partial charge >= 0.3 is 6.03 Å². The first kappa shape index (κ1) is 26.5. The Kier molecular flexibility index (Phi) is 8.37. The summed E-state index contributed by atoms with van der Waals surface area (Å²) in [6.45, 7) is 12.1. The Balaban J connectivity index is 1.54. The van der Waals surface area contributed by atoms with Crippen LogP contribution in [0.5, 0.6) is 5.75 Å². The number of carbonyl (C=O) groups excluding carboxylic acids is 2. The molecule has 0 fully saturated rings. The summed E-state index contributed by atoms with van der Waals surface area (Å²) in [7, 11) is 0. The van der Waals surface area contributed by atoms with Gasteiger partial charge in [0.05, 0.1) is 19.6 Å². The molecule has 2 aromatic rings. The van der Waals surface area contributed by atoms with E-state index in [1.807, 2.05) is 68.1 Å². The molecule has 0 aromatic heterocycles. The maximum Gasteiger partial charge on any atom is 0.322 e. The third-order valence-corrected chi connectivity index (χ3v) is 7.18. The average Bonchev–Trinajstić information content (AvgIpc) is 3.10. The van der Waals surface area contributed by atoms with Crippen LogP contribution in [0.1, 0.15) is 57.2 Å². The molecular formula is C31H39N3O3.